The van der Waals surface area contributed by atoms with Gasteiger partial charge in [0.05, 0.1) is 30.3 Å². The molecule has 0 aliphatic carbocycles. The first-order chi connectivity index (χ1) is 14.7. The van der Waals surface area contributed by atoms with E-state index in [-0.39, 0.29) is 5.82 Å². The molecule has 0 spiro atoms. The Morgan fingerprint density at radius 2 is 1.83 bits per heavy atom. The molecule has 0 radical (unpaired) electrons. The van der Waals surface area contributed by atoms with Gasteiger partial charge >= 0.3 is 0 Å². The van der Waals surface area contributed by atoms with E-state index in [1.54, 1.807) is 18.3 Å². The lowest BCUT2D eigenvalue weighted by Crippen LogP contribution is -2.37. The number of pyridine rings is 1. The highest BCUT2D eigenvalue weighted by atomic mass is 19.1. The lowest BCUT2D eigenvalue weighted by molar-refractivity contribution is 0.122. The van der Waals surface area contributed by atoms with Crippen LogP contribution in [0.1, 0.15) is 12.5 Å². The van der Waals surface area contributed by atoms with E-state index in [1.807, 2.05) is 16.7 Å². The van der Waals surface area contributed by atoms with Gasteiger partial charge in [0.15, 0.2) is 0 Å². The quantitative estimate of drug-likeness (QED) is 0.516. The number of ether oxygens (including phenoxy) is 1. The second-order valence-corrected chi connectivity index (χ2v) is 7.27. The maximum Gasteiger partial charge on any atom is 0.226 e. The number of nitrogens with zero attached hydrogens (tertiary/aromatic N) is 5. The smallest absolute Gasteiger partial charge is 0.226 e. The van der Waals surface area contributed by atoms with E-state index < -0.39 is 0 Å². The van der Waals surface area contributed by atoms with Crippen molar-refractivity contribution in [1.29, 1.82) is 0 Å². The molecule has 0 unspecified atom stereocenters. The number of morpholine rings is 1. The minimum atomic E-state index is -0.269. The summed E-state index contributed by atoms with van der Waals surface area (Å²) in [5.74, 6) is 0.412. The Labute approximate surface area is 174 Å². The van der Waals surface area contributed by atoms with E-state index in [4.69, 9.17) is 14.7 Å². The van der Waals surface area contributed by atoms with Crippen LogP contribution in [0.15, 0.2) is 54.9 Å². The van der Waals surface area contributed by atoms with Crippen LogP contribution in [0.3, 0.4) is 0 Å². The lowest BCUT2D eigenvalue weighted by Gasteiger charge is -2.26. The van der Waals surface area contributed by atoms with E-state index in [9.17, 15) is 4.39 Å². The Kier molecular flexibility index (Phi) is 4.88. The largest absolute Gasteiger partial charge is 0.378 e. The number of anilines is 1. The molecule has 4 heterocycles. The van der Waals surface area contributed by atoms with E-state index in [2.05, 4.69) is 28.9 Å². The second-order valence-electron chi connectivity index (χ2n) is 7.27. The third-order valence-corrected chi connectivity index (χ3v) is 5.40. The molecule has 0 N–H and O–H groups in total. The summed E-state index contributed by atoms with van der Waals surface area (Å²) >= 11 is 0. The Balaban J connectivity index is 1.69. The molecular formula is C23H22FN5O. The van der Waals surface area contributed by atoms with Gasteiger partial charge in [-0.2, -0.15) is 0 Å². The van der Waals surface area contributed by atoms with E-state index >= 15 is 0 Å². The van der Waals surface area contributed by atoms with Crippen molar-refractivity contribution < 1.29 is 9.13 Å². The van der Waals surface area contributed by atoms with Crippen molar-refractivity contribution in [2.75, 3.05) is 31.2 Å². The van der Waals surface area contributed by atoms with E-state index in [1.165, 1.54) is 17.7 Å². The lowest BCUT2D eigenvalue weighted by atomic mass is 10.1. The van der Waals surface area contributed by atoms with E-state index in [0.29, 0.717) is 19.2 Å². The molecule has 1 aliphatic rings. The zero-order chi connectivity index (χ0) is 20.5. The molecule has 0 amide bonds. The molecular weight excluding hydrogens is 381 g/mol. The summed E-state index contributed by atoms with van der Waals surface area (Å²) < 4.78 is 21.0. The van der Waals surface area contributed by atoms with Gasteiger partial charge in [0.1, 0.15) is 11.5 Å². The van der Waals surface area contributed by atoms with Crippen LogP contribution in [-0.4, -0.2) is 45.7 Å². The van der Waals surface area contributed by atoms with Gasteiger partial charge in [-0.05, 0) is 54.4 Å². The van der Waals surface area contributed by atoms with Crippen LogP contribution in [0.2, 0.25) is 0 Å². The average molecular weight is 403 g/mol. The third kappa shape index (κ3) is 3.41. The number of halogens is 1. The summed E-state index contributed by atoms with van der Waals surface area (Å²) in [6, 6.07) is 12.5. The normalized spacial score (nSPS) is 14.4. The molecule has 5 rings (SSSR count). The molecule has 30 heavy (non-hydrogen) atoms. The summed E-state index contributed by atoms with van der Waals surface area (Å²) in [6.07, 6.45) is 4.74. The van der Waals surface area contributed by atoms with Gasteiger partial charge in [-0.25, -0.2) is 19.3 Å². The molecule has 0 bridgehead atoms. The number of hydrogen-bond donors (Lipinski definition) is 0. The van der Waals surface area contributed by atoms with Gasteiger partial charge in [0.25, 0.3) is 0 Å². The maximum absolute atomic E-state index is 13.5. The average Bonchev–Trinajstić information content (AvgIpc) is 3.19. The highest BCUT2D eigenvalue weighted by Crippen LogP contribution is 2.32. The Morgan fingerprint density at radius 1 is 1.03 bits per heavy atom. The number of hydrogen-bond acceptors (Lipinski definition) is 5. The fourth-order valence-electron chi connectivity index (χ4n) is 3.76. The fourth-order valence-corrected chi connectivity index (χ4v) is 3.76. The van der Waals surface area contributed by atoms with Gasteiger partial charge in [-0.3, -0.25) is 4.40 Å². The highest BCUT2D eigenvalue weighted by molar-refractivity contribution is 5.80. The number of aryl methyl sites for hydroxylation is 1. The number of rotatable bonds is 4. The van der Waals surface area contributed by atoms with Gasteiger partial charge in [-0.1, -0.05) is 6.92 Å². The molecule has 1 saturated heterocycles. The van der Waals surface area contributed by atoms with Crippen LogP contribution < -0.4 is 4.90 Å². The molecule has 1 aliphatic heterocycles. The second kappa shape index (κ2) is 7.84. The van der Waals surface area contributed by atoms with Gasteiger partial charge < -0.3 is 9.64 Å². The summed E-state index contributed by atoms with van der Waals surface area (Å²) in [5.41, 5.74) is 5.32. The predicted octanol–water partition coefficient (Wildman–Crippen LogP) is 4.00. The first kappa shape index (κ1) is 18.7. The predicted molar refractivity (Wildman–Crippen MR) is 114 cm³/mol. The van der Waals surface area contributed by atoms with Crippen LogP contribution in [-0.2, 0) is 11.2 Å². The molecule has 152 valence electrons. The van der Waals surface area contributed by atoms with Gasteiger partial charge in [0.2, 0.25) is 5.95 Å². The first-order valence-corrected chi connectivity index (χ1v) is 10.2. The molecule has 1 aromatic carbocycles. The van der Waals surface area contributed by atoms with Crippen molar-refractivity contribution in [3.63, 3.8) is 0 Å². The van der Waals surface area contributed by atoms with Crippen molar-refractivity contribution in [3.05, 3.63) is 66.2 Å². The Morgan fingerprint density at radius 3 is 2.60 bits per heavy atom. The van der Waals surface area contributed by atoms with Crippen LogP contribution >= 0.6 is 0 Å². The van der Waals surface area contributed by atoms with Crippen molar-refractivity contribution in [2.24, 2.45) is 0 Å². The minimum Gasteiger partial charge on any atom is -0.378 e. The van der Waals surface area contributed by atoms with Crippen molar-refractivity contribution in [1.82, 2.24) is 19.4 Å². The molecule has 3 aromatic heterocycles. The summed E-state index contributed by atoms with van der Waals surface area (Å²) in [7, 11) is 0. The Bertz CT molecular complexity index is 1180. The molecule has 0 saturated carbocycles. The Hall–Kier alpha value is -3.32. The van der Waals surface area contributed by atoms with Crippen molar-refractivity contribution in [3.8, 4) is 22.6 Å². The fraction of sp³-hybridized carbons (Fsp3) is 0.261. The highest BCUT2D eigenvalue weighted by Gasteiger charge is 2.20. The van der Waals surface area contributed by atoms with Crippen molar-refractivity contribution >= 4 is 11.6 Å². The van der Waals surface area contributed by atoms with Gasteiger partial charge in [-0.15, -0.1) is 0 Å². The molecule has 6 nitrogen and oxygen atoms in total. The number of fused-ring (bicyclic) bond motifs is 1. The molecule has 0 atom stereocenters. The standard InChI is InChI=1S/C23H22FN5O/c1-2-16-8-10-29-20(15-16)27-21(17-3-5-18(24)6-4-17)22(29)19-7-9-25-23(26-19)28-11-13-30-14-12-28/h3-10,15H,2,11-14H2,1H3. The number of imidazole rings is 1. The van der Waals surface area contributed by atoms with E-state index in [0.717, 1.165) is 47.8 Å². The first-order valence-electron chi connectivity index (χ1n) is 10.2. The topological polar surface area (TPSA) is 55.5 Å². The van der Waals surface area contributed by atoms with Gasteiger partial charge in [0, 0.05) is 31.0 Å². The molecule has 1 fully saturated rings. The monoisotopic (exact) mass is 403 g/mol. The van der Waals surface area contributed by atoms with Crippen LogP contribution in [0.4, 0.5) is 10.3 Å². The molecule has 7 heteroatoms. The summed E-state index contributed by atoms with van der Waals surface area (Å²) in [5, 5.41) is 0. The third-order valence-electron chi connectivity index (χ3n) is 5.40. The van der Waals surface area contributed by atoms with Crippen LogP contribution in [0.5, 0.6) is 0 Å². The zero-order valence-electron chi connectivity index (χ0n) is 16.8. The minimum absolute atomic E-state index is 0.269. The maximum atomic E-state index is 13.5. The SMILES string of the molecule is CCc1ccn2c(-c3ccnc(N4CCOCC4)n3)c(-c3ccc(F)cc3)nc2c1. The number of aromatic nitrogens is 4. The molecule has 4 aromatic rings. The van der Waals surface area contributed by atoms with Crippen LogP contribution in [0, 0.1) is 5.82 Å². The van der Waals surface area contributed by atoms with Crippen LogP contribution in [0.25, 0.3) is 28.3 Å². The summed E-state index contributed by atoms with van der Waals surface area (Å²) in [4.78, 5) is 16.3. The number of benzene rings is 1. The van der Waals surface area contributed by atoms with Crippen molar-refractivity contribution in [2.45, 2.75) is 13.3 Å². The summed E-state index contributed by atoms with van der Waals surface area (Å²) in [6.45, 7) is 4.99. The zero-order valence-corrected chi connectivity index (χ0v) is 16.8.